The molecule has 1 aliphatic rings. The summed E-state index contributed by atoms with van der Waals surface area (Å²) in [6.45, 7) is 3.00. The monoisotopic (exact) mass is 198 g/mol. The van der Waals surface area contributed by atoms with Crippen LogP contribution in [0.2, 0.25) is 0 Å². The Labute approximate surface area is 80.0 Å². The molecule has 0 aliphatic carbocycles. The Morgan fingerprint density at radius 3 is 2.21 bits per heavy atom. The minimum Gasteiger partial charge on any atom is -0.493 e. The molecular weight excluding hydrogens is 191 g/mol. The van der Waals surface area contributed by atoms with Crippen molar-refractivity contribution in [3.05, 3.63) is 11.3 Å². The van der Waals surface area contributed by atoms with Crippen molar-refractivity contribution in [1.82, 2.24) is 0 Å². The van der Waals surface area contributed by atoms with E-state index < -0.39 is 19.3 Å². The van der Waals surface area contributed by atoms with Crippen LogP contribution in [0.25, 0.3) is 0 Å². The van der Waals surface area contributed by atoms with Crippen LogP contribution in [0.1, 0.15) is 13.8 Å². The third-order valence-electron chi connectivity index (χ3n) is 1.58. The molecule has 0 saturated carbocycles. The van der Waals surface area contributed by atoms with Gasteiger partial charge >= 0.3 is 19.3 Å². The van der Waals surface area contributed by atoms with Gasteiger partial charge in [-0.1, -0.05) is 0 Å². The van der Waals surface area contributed by atoms with Crippen LogP contribution in [0.4, 0.5) is 0 Å². The topological polar surface area (TPSA) is 78.9 Å². The molecule has 0 radical (unpaired) electrons. The van der Waals surface area contributed by atoms with E-state index in [9.17, 15) is 14.4 Å². The van der Waals surface area contributed by atoms with Gasteiger partial charge in [-0.2, -0.15) is 0 Å². The van der Waals surface area contributed by atoms with E-state index in [1.54, 1.807) is 0 Å². The van der Waals surface area contributed by atoms with Gasteiger partial charge in [-0.25, -0.2) is 9.59 Å². The van der Waals surface area contributed by atoms with E-state index in [1.165, 1.54) is 13.8 Å². The zero-order valence-electron chi connectivity index (χ0n) is 7.60. The van der Waals surface area contributed by atoms with E-state index in [1.807, 2.05) is 0 Å². The van der Waals surface area contributed by atoms with E-state index in [0.717, 1.165) is 0 Å². The van der Waals surface area contributed by atoms with Crippen LogP contribution in [0.3, 0.4) is 0 Å². The summed E-state index contributed by atoms with van der Waals surface area (Å²) in [5.41, 5.74) is 0.323. The Balaban J connectivity index is 2.59. The van der Waals surface area contributed by atoms with E-state index in [4.69, 9.17) is 4.65 Å². The number of rotatable bonds is 3. The Morgan fingerprint density at radius 2 is 1.79 bits per heavy atom. The second-order valence-electron chi connectivity index (χ2n) is 2.57. The van der Waals surface area contributed by atoms with Crippen molar-refractivity contribution in [2.75, 3.05) is 0 Å². The minimum atomic E-state index is -1.38. The molecule has 0 aromatic heterocycles. The van der Waals surface area contributed by atoms with Crippen molar-refractivity contribution in [2.45, 2.75) is 13.8 Å². The lowest BCUT2D eigenvalue weighted by molar-refractivity contribution is -0.150. The molecule has 7 heteroatoms. The molecule has 0 spiro atoms. The normalized spacial score (nSPS) is 17.1. The molecule has 1 heterocycles. The molecule has 0 aromatic rings. The fourth-order valence-corrected chi connectivity index (χ4v) is 0.663. The maximum atomic E-state index is 10.5. The molecule has 74 valence electrons. The first-order valence-electron chi connectivity index (χ1n) is 3.75. The van der Waals surface area contributed by atoms with Gasteiger partial charge in [-0.3, -0.25) is 4.79 Å². The van der Waals surface area contributed by atoms with Crippen molar-refractivity contribution in [3.8, 4) is 0 Å². The molecule has 1 aliphatic heterocycles. The van der Waals surface area contributed by atoms with Gasteiger partial charge in [0.2, 0.25) is 0 Å². The molecule has 6 nitrogen and oxygen atoms in total. The first-order valence-corrected chi connectivity index (χ1v) is 3.75. The maximum absolute atomic E-state index is 10.5. The summed E-state index contributed by atoms with van der Waals surface area (Å²) in [5.74, 6) is -1.98. The highest BCUT2D eigenvalue weighted by atomic mass is 16.8. The summed E-state index contributed by atoms with van der Waals surface area (Å²) in [6, 6.07) is 0. The van der Waals surface area contributed by atoms with Crippen LogP contribution >= 0.6 is 0 Å². The average molecular weight is 198 g/mol. The van der Waals surface area contributed by atoms with Crippen LogP contribution < -0.4 is 0 Å². The molecule has 0 unspecified atom stereocenters. The highest BCUT2D eigenvalue weighted by Crippen LogP contribution is 2.10. The summed E-state index contributed by atoms with van der Waals surface area (Å²) in [7, 11) is -1.38. The second kappa shape index (κ2) is 3.95. The van der Waals surface area contributed by atoms with Gasteiger partial charge in [0.15, 0.2) is 0 Å². The lowest BCUT2D eigenvalue weighted by Gasteiger charge is -2.06. The highest BCUT2D eigenvalue weighted by Gasteiger charge is 2.45. The summed E-state index contributed by atoms with van der Waals surface area (Å²) < 4.78 is 13.6. The summed E-state index contributed by atoms with van der Waals surface area (Å²) in [5, 5.41) is 0. The zero-order valence-corrected chi connectivity index (χ0v) is 7.60. The molecule has 14 heavy (non-hydrogen) atoms. The summed E-state index contributed by atoms with van der Waals surface area (Å²) >= 11 is 0. The molecule has 0 aromatic carbocycles. The second-order valence-corrected chi connectivity index (χ2v) is 2.57. The number of hydrogen-bond donors (Lipinski definition) is 0. The molecule has 0 bridgehead atoms. The van der Waals surface area contributed by atoms with Crippen LogP contribution in [0.15, 0.2) is 11.3 Å². The number of allylic oxidation sites excluding steroid dienone is 2. The summed E-state index contributed by atoms with van der Waals surface area (Å²) in [4.78, 5) is 31.4. The van der Waals surface area contributed by atoms with Gasteiger partial charge in [0.05, 0.1) is 5.76 Å². The smallest absolute Gasteiger partial charge is 0.493 e. The number of aldehydes is 1. The molecule has 1 rings (SSSR count). The van der Waals surface area contributed by atoms with E-state index in [-0.39, 0.29) is 5.76 Å². The first-order chi connectivity index (χ1) is 6.54. The molecule has 0 amide bonds. The third kappa shape index (κ3) is 2.12. The third-order valence-corrected chi connectivity index (χ3v) is 1.58. The molecule has 1 saturated heterocycles. The van der Waals surface area contributed by atoms with E-state index >= 15 is 0 Å². The van der Waals surface area contributed by atoms with Gasteiger partial charge in [-0.05, 0) is 13.8 Å². The number of carbonyl (C=O) groups is 3. The number of carbonyl (C=O) groups excluding carboxylic acids is 3. The van der Waals surface area contributed by atoms with Crippen molar-refractivity contribution >= 4 is 25.5 Å². The molecule has 1 fully saturated rings. The fraction of sp³-hybridized carbons (Fsp3) is 0.286. The van der Waals surface area contributed by atoms with Crippen LogP contribution in [-0.2, 0) is 28.3 Å². The molecule has 0 N–H and O–H groups in total. The Kier molecular flexibility index (Phi) is 2.90. The van der Waals surface area contributed by atoms with Crippen LogP contribution in [-0.4, -0.2) is 25.5 Å². The van der Waals surface area contributed by atoms with Crippen LogP contribution in [0.5, 0.6) is 0 Å². The quantitative estimate of drug-likeness (QED) is 0.201. The number of hydrogen-bond acceptors (Lipinski definition) is 6. The molecular formula is C7H7BO6. The van der Waals surface area contributed by atoms with Gasteiger partial charge < -0.3 is 14.0 Å². The fourth-order valence-electron chi connectivity index (χ4n) is 0.663. The Bertz CT molecular complexity index is 304. The van der Waals surface area contributed by atoms with Gasteiger partial charge in [0.25, 0.3) is 0 Å². The molecule has 0 atom stereocenters. The largest absolute Gasteiger partial charge is 0.868 e. The SMILES string of the molecule is C/C(C=O)=C(\C)OB1OC(=O)C(=O)O1. The minimum absolute atomic E-state index is 0.229. The van der Waals surface area contributed by atoms with Crippen LogP contribution in [0, 0.1) is 0 Å². The van der Waals surface area contributed by atoms with Gasteiger partial charge in [0.1, 0.15) is 6.29 Å². The van der Waals surface area contributed by atoms with Crippen molar-refractivity contribution in [1.29, 1.82) is 0 Å². The van der Waals surface area contributed by atoms with Crippen molar-refractivity contribution in [3.63, 3.8) is 0 Å². The predicted octanol–water partition coefficient (Wildman–Crippen LogP) is -0.419. The maximum Gasteiger partial charge on any atom is 0.868 e. The Hall–Kier alpha value is -1.79. The van der Waals surface area contributed by atoms with Crippen molar-refractivity contribution < 1.29 is 28.3 Å². The van der Waals surface area contributed by atoms with E-state index in [2.05, 4.69) is 9.31 Å². The lowest BCUT2D eigenvalue weighted by atomic mass is 10.2. The van der Waals surface area contributed by atoms with E-state index in [0.29, 0.717) is 11.9 Å². The highest BCUT2D eigenvalue weighted by molar-refractivity contribution is 6.55. The standard InChI is InChI=1S/C7H7BO6/c1-4(3-9)5(2)12-8-13-6(10)7(11)14-8/h3H,1-2H3/b5-4-. The predicted molar refractivity (Wildman–Crippen MR) is 43.5 cm³/mol. The van der Waals surface area contributed by atoms with Gasteiger partial charge in [-0.15, -0.1) is 0 Å². The zero-order chi connectivity index (χ0) is 10.7. The lowest BCUT2D eigenvalue weighted by Crippen LogP contribution is -2.20. The average Bonchev–Trinajstić information content (AvgIpc) is 2.44. The van der Waals surface area contributed by atoms with Crippen molar-refractivity contribution in [2.24, 2.45) is 0 Å². The first kappa shape index (κ1) is 10.3. The Morgan fingerprint density at radius 1 is 1.29 bits per heavy atom. The summed E-state index contributed by atoms with van der Waals surface area (Å²) in [6.07, 6.45) is 0.577. The van der Waals surface area contributed by atoms with Gasteiger partial charge in [0, 0.05) is 5.57 Å².